The van der Waals surface area contributed by atoms with Gasteiger partial charge >= 0.3 is 0 Å². The molecular weight excluding hydrogens is 306 g/mol. The average Bonchev–Trinajstić information content (AvgIpc) is 3.02. The summed E-state index contributed by atoms with van der Waals surface area (Å²) in [4.78, 5) is 0. The van der Waals surface area contributed by atoms with Gasteiger partial charge in [-0.25, -0.2) is 0 Å². The van der Waals surface area contributed by atoms with Crippen LogP contribution in [0, 0.1) is 0 Å². The third-order valence-corrected chi connectivity index (χ3v) is 6.90. The van der Waals surface area contributed by atoms with Gasteiger partial charge in [0.1, 0.15) is 5.75 Å². The second kappa shape index (κ2) is 6.66. The van der Waals surface area contributed by atoms with Crippen molar-refractivity contribution in [2.45, 2.75) is 56.2 Å². The lowest BCUT2D eigenvalue weighted by molar-refractivity contribution is -0.0714. The lowest BCUT2D eigenvalue weighted by Gasteiger charge is -2.40. The lowest BCUT2D eigenvalue weighted by Crippen LogP contribution is -2.50. The number of benzene rings is 1. The molecule has 2 aliphatic heterocycles. The van der Waals surface area contributed by atoms with Gasteiger partial charge in [0.05, 0.1) is 12.7 Å². The molecule has 2 heterocycles. The lowest BCUT2D eigenvalue weighted by atomic mass is 9.85. The van der Waals surface area contributed by atoms with E-state index in [0.29, 0.717) is 12.1 Å². The second-order valence-electron chi connectivity index (χ2n) is 7.26. The molecule has 1 aliphatic carbocycles. The van der Waals surface area contributed by atoms with Crippen molar-refractivity contribution in [2.24, 2.45) is 0 Å². The van der Waals surface area contributed by atoms with Gasteiger partial charge in [-0.05, 0) is 67.5 Å². The fourth-order valence-corrected chi connectivity index (χ4v) is 5.75. The summed E-state index contributed by atoms with van der Waals surface area (Å²) in [6.45, 7) is 0.926. The third-order valence-electron chi connectivity index (χ3n) is 5.67. The molecule has 1 spiro atoms. The summed E-state index contributed by atoms with van der Waals surface area (Å²) >= 11 is 2.06. The molecule has 2 saturated heterocycles. The van der Waals surface area contributed by atoms with Gasteiger partial charge in [-0.3, -0.25) is 0 Å². The van der Waals surface area contributed by atoms with Gasteiger partial charge in [0.15, 0.2) is 0 Å². The molecule has 0 aromatic heterocycles. The van der Waals surface area contributed by atoms with Crippen LogP contribution in [0.25, 0.3) is 0 Å². The van der Waals surface area contributed by atoms with Crippen LogP contribution in [0.3, 0.4) is 0 Å². The van der Waals surface area contributed by atoms with Crippen molar-refractivity contribution >= 4 is 11.8 Å². The molecule has 3 nitrogen and oxygen atoms in total. The van der Waals surface area contributed by atoms with E-state index >= 15 is 0 Å². The van der Waals surface area contributed by atoms with Crippen molar-refractivity contribution in [1.29, 1.82) is 0 Å². The van der Waals surface area contributed by atoms with E-state index in [2.05, 4.69) is 35.3 Å². The number of rotatable bonds is 3. The van der Waals surface area contributed by atoms with Crippen LogP contribution in [0.4, 0.5) is 0 Å². The van der Waals surface area contributed by atoms with Gasteiger partial charge in [-0.1, -0.05) is 6.07 Å². The molecule has 4 heteroatoms. The zero-order valence-electron chi connectivity index (χ0n) is 14.0. The molecule has 0 radical (unpaired) electrons. The summed E-state index contributed by atoms with van der Waals surface area (Å²) in [6, 6.07) is 7.78. The first kappa shape index (κ1) is 15.8. The smallest absolute Gasteiger partial charge is 0.119 e. The molecule has 0 bridgehead atoms. The highest BCUT2D eigenvalue weighted by atomic mass is 32.2. The fraction of sp³-hybridized carbons (Fsp3) is 0.684. The molecule has 0 amide bonds. The molecule has 23 heavy (non-hydrogen) atoms. The molecule has 1 aromatic rings. The Morgan fingerprint density at radius 3 is 3.04 bits per heavy atom. The number of methoxy groups -OCH3 is 1. The van der Waals surface area contributed by atoms with Crippen LogP contribution in [-0.4, -0.2) is 42.9 Å². The molecule has 3 aliphatic rings. The first-order valence-corrected chi connectivity index (χ1v) is 10.1. The Hall–Kier alpha value is -0.710. The Kier molecular flexibility index (Phi) is 4.57. The van der Waals surface area contributed by atoms with E-state index in [1.807, 2.05) is 0 Å². The standard InChI is InChI=1S/C19H27NO2S/c1-21-18-5-3-14-2-4-16(10-15(14)11-18)20-17-6-8-22-19(12-17)7-9-23-13-19/h3,5,11,16-17,20H,2,4,6-10,12-13H2,1H3/t16-,17-,19-/m1/s1. The molecule has 2 fully saturated rings. The summed E-state index contributed by atoms with van der Waals surface area (Å²) in [7, 11) is 1.75. The number of fused-ring (bicyclic) bond motifs is 1. The molecule has 0 unspecified atom stereocenters. The van der Waals surface area contributed by atoms with E-state index in [1.165, 1.54) is 48.3 Å². The summed E-state index contributed by atoms with van der Waals surface area (Å²) < 4.78 is 11.5. The number of hydrogen-bond donors (Lipinski definition) is 1. The molecule has 126 valence electrons. The predicted octanol–water partition coefficient (Wildman–Crippen LogP) is 3.20. The highest BCUT2D eigenvalue weighted by molar-refractivity contribution is 7.99. The number of nitrogens with one attached hydrogen (secondary N) is 1. The van der Waals surface area contributed by atoms with Crippen molar-refractivity contribution in [3.8, 4) is 5.75 Å². The van der Waals surface area contributed by atoms with Gasteiger partial charge in [0.2, 0.25) is 0 Å². The maximum Gasteiger partial charge on any atom is 0.119 e. The maximum atomic E-state index is 6.15. The van der Waals surface area contributed by atoms with E-state index < -0.39 is 0 Å². The van der Waals surface area contributed by atoms with E-state index in [0.717, 1.165) is 25.2 Å². The topological polar surface area (TPSA) is 30.5 Å². The molecule has 4 rings (SSSR count). The normalized spacial score (nSPS) is 33.6. The van der Waals surface area contributed by atoms with Gasteiger partial charge in [-0.2, -0.15) is 11.8 Å². The first-order valence-electron chi connectivity index (χ1n) is 8.90. The molecule has 0 saturated carbocycles. The third kappa shape index (κ3) is 3.40. The Labute approximate surface area is 143 Å². The van der Waals surface area contributed by atoms with E-state index in [4.69, 9.17) is 9.47 Å². The van der Waals surface area contributed by atoms with E-state index in [-0.39, 0.29) is 5.60 Å². The van der Waals surface area contributed by atoms with Gasteiger partial charge < -0.3 is 14.8 Å². The second-order valence-corrected chi connectivity index (χ2v) is 8.37. The predicted molar refractivity (Wildman–Crippen MR) is 95.6 cm³/mol. The van der Waals surface area contributed by atoms with Crippen molar-refractivity contribution in [3.05, 3.63) is 29.3 Å². The molecular formula is C19H27NO2S. The fourth-order valence-electron chi connectivity index (χ4n) is 4.37. The molecule has 3 atom stereocenters. The summed E-state index contributed by atoms with van der Waals surface area (Å²) in [5.74, 6) is 3.44. The zero-order chi connectivity index (χ0) is 15.7. The SMILES string of the molecule is COc1ccc2c(c1)C[C@H](N[C@@H]1CCO[C@]3(CCSC3)C1)CC2. The van der Waals surface area contributed by atoms with Crippen LogP contribution < -0.4 is 10.1 Å². The molecule has 1 N–H and O–H groups in total. The van der Waals surface area contributed by atoms with E-state index in [9.17, 15) is 0 Å². The molecule has 1 aromatic carbocycles. The number of thioether (sulfide) groups is 1. The van der Waals surface area contributed by atoms with Crippen LogP contribution in [0.5, 0.6) is 5.75 Å². The highest BCUT2D eigenvalue weighted by Crippen LogP contribution is 2.38. The van der Waals surface area contributed by atoms with Crippen LogP contribution in [0.15, 0.2) is 18.2 Å². The van der Waals surface area contributed by atoms with Gasteiger partial charge in [-0.15, -0.1) is 0 Å². The van der Waals surface area contributed by atoms with Crippen molar-refractivity contribution in [3.63, 3.8) is 0 Å². The van der Waals surface area contributed by atoms with Crippen molar-refractivity contribution in [2.75, 3.05) is 25.2 Å². The average molecular weight is 333 g/mol. The quantitative estimate of drug-likeness (QED) is 0.920. The van der Waals surface area contributed by atoms with Crippen molar-refractivity contribution in [1.82, 2.24) is 5.32 Å². The first-order chi connectivity index (χ1) is 11.3. The Bertz CT molecular complexity index is 556. The van der Waals surface area contributed by atoms with E-state index in [1.54, 1.807) is 7.11 Å². The largest absolute Gasteiger partial charge is 0.497 e. The van der Waals surface area contributed by atoms with Gasteiger partial charge in [0, 0.05) is 24.4 Å². The van der Waals surface area contributed by atoms with Crippen LogP contribution in [0.2, 0.25) is 0 Å². The monoisotopic (exact) mass is 333 g/mol. The van der Waals surface area contributed by atoms with Gasteiger partial charge in [0.25, 0.3) is 0 Å². The number of aryl methyl sites for hydroxylation is 1. The maximum absolute atomic E-state index is 6.15. The van der Waals surface area contributed by atoms with Crippen molar-refractivity contribution < 1.29 is 9.47 Å². The van der Waals surface area contributed by atoms with Crippen LogP contribution in [0.1, 0.15) is 36.8 Å². The zero-order valence-corrected chi connectivity index (χ0v) is 14.8. The van der Waals surface area contributed by atoms with Crippen LogP contribution in [-0.2, 0) is 17.6 Å². The minimum absolute atomic E-state index is 0.177. The minimum Gasteiger partial charge on any atom is -0.497 e. The Balaban J connectivity index is 1.39. The number of hydrogen-bond acceptors (Lipinski definition) is 4. The Morgan fingerprint density at radius 1 is 1.26 bits per heavy atom. The number of ether oxygens (including phenoxy) is 2. The summed E-state index contributed by atoms with van der Waals surface area (Å²) in [5.41, 5.74) is 3.14. The summed E-state index contributed by atoms with van der Waals surface area (Å²) in [6.07, 6.45) is 7.15. The minimum atomic E-state index is 0.177. The highest BCUT2D eigenvalue weighted by Gasteiger charge is 2.40. The summed E-state index contributed by atoms with van der Waals surface area (Å²) in [5, 5.41) is 3.96. The van der Waals surface area contributed by atoms with Crippen LogP contribution >= 0.6 is 11.8 Å². The Morgan fingerprint density at radius 2 is 2.22 bits per heavy atom.